The van der Waals surface area contributed by atoms with Crippen molar-refractivity contribution in [1.82, 2.24) is 19.9 Å². The van der Waals surface area contributed by atoms with E-state index in [4.69, 9.17) is 4.98 Å². The zero-order valence-corrected chi connectivity index (χ0v) is 15.9. The van der Waals surface area contributed by atoms with Gasteiger partial charge in [-0.15, -0.1) is 0 Å². The molecule has 0 fully saturated rings. The van der Waals surface area contributed by atoms with Gasteiger partial charge in [0, 0.05) is 48.1 Å². The van der Waals surface area contributed by atoms with Gasteiger partial charge in [-0.05, 0) is 18.6 Å². The van der Waals surface area contributed by atoms with E-state index < -0.39 is 0 Å². The quantitative estimate of drug-likeness (QED) is 0.744. The van der Waals surface area contributed by atoms with Crippen LogP contribution in [0.25, 0.3) is 10.9 Å². The molecule has 0 spiro atoms. The molecule has 0 radical (unpaired) electrons. The Bertz CT molecular complexity index is 1020. The first kappa shape index (κ1) is 17.0. The van der Waals surface area contributed by atoms with Gasteiger partial charge in [-0.25, -0.2) is 4.98 Å². The average Bonchev–Trinajstić information content (AvgIpc) is 2.90. The smallest absolute Gasteiger partial charge is 0.255 e. The highest BCUT2D eigenvalue weighted by atomic mass is 16.1. The molecule has 0 unspecified atom stereocenters. The lowest BCUT2D eigenvalue weighted by Crippen LogP contribution is -2.37. The number of nitrogens with zero attached hydrogens (tertiary/aromatic N) is 2. The number of hydrogen-bond acceptors (Lipinski definition) is 3. The number of H-pyrrole nitrogens is 2. The van der Waals surface area contributed by atoms with Crippen LogP contribution in [0.15, 0.2) is 29.1 Å². The maximum atomic E-state index is 12.6. The summed E-state index contributed by atoms with van der Waals surface area (Å²) in [7, 11) is 0. The van der Waals surface area contributed by atoms with E-state index in [-0.39, 0.29) is 11.0 Å². The summed E-state index contributed by atoms with van der Waals surface area (Å²) in [5, 5.41) is 1.27. The van der Waals surface area contributed by atoms with Crippen molar-refractivity contribution in [2.75, 3.05) is 6.54 Å². The number of hydrogen-bond donors (Lipinski definition) is 2. The molecular formula is C21H26N4O. The third-order valence-electron chi connectivity index (χ3n) is 5.27. The van der Waals surface area contributed by atoms with Crippen molar-refractivity contribution in [3.05, 3.63) is 63.0 Å². The van der Waals surface area contributed by atoms with Crippen LogP contribution in [0.1, 0.15) is 49.1 Å². The number of aryl methyl sites for hydroxylation is 1. The monoisotopic (exact) mass is 350 g/mol. The summed E-state index contributed by atoms with van der Waals surface area (Å²) in [6.07, 6.45) is 0.823. The Morgan fingerprint density at radius 2 is 1.96 bits per heavy atom. The molecule has 1 aliphatic heterocycles. The van der Waals surface area contributed by atoms with E-state index in [1.807, 2.05) is 0 Å². The molecule has 3 heterocycles. The Hall–Kier alpha value is -2.40. The summed E-state index contributed by atoms with van der Waals surface area (Å²) in [4.78, 5) is 26.2. The summed E-state index contributed by atoms with van der Waals surface area (Å²) in [6, 6.07) is 8.40. The highest BCUT2D eigenvalue weighted by molar-refractivity contribution is 5.84. The molecule has 0 saturated carbocycles. The number of aromatic nitrogens is 3. The molecule has 0 aliphatic carbocycles. The molecule has 0 amide bonds. The van der Waals surface area contributed by atoms with Gasteiger partial charge in [0.25, 0.3) is 5.56 Å². The first-order valence-electron chi connectivity index (χ1n) is 9.24. The molecule has 0 bridgehead atoms. The Morgan fingerprint density at radius 3 is 2.73 bits per heavy atom. The molecule has 5 heteroatoms. The first-order chi connectivity index (χ1) is 12.3. The van der Waals surface area contributed by atoms with Crippen LogP contribution in [0.5, 0.6) is 0 Å². The van der Waals surface area contributed by atoms with Gasteiger partial charge >= 0.3 is 0 Å². The van der Waals surface area contributed by atoms with E-state index in [0.717, 1.165) is 36.6 Å². The SMILES string of the molecule is Cc1[nH]c2ccccc2c1CN1CCc2nc(C(C)(C)C)[nH]c(=O)c2C1. The van der Waals surface area contributed by atoms with Crippen LogP contribution in [0.2, 0.25) is 0 Å². The zero-order chi connectivity index (χ0) is 18.5. The Labute approximate surface area is 153 Å². The van der Waals surface area contributed by atoms with Crippen LogP contribution in [-0.4, -0.2) is 26.4 Å². The van der Waals surface area contributed by atoms with Gasteiger partial charge in [0.2, 0.25) is 0 Å². The number of benzene rings is 1. The van der Waals surface area contributed by atoms with Gasteiger partial charge in [0.1, 0.15) is 5.82 Å². The summed E-state index contributed by atoms with van der Waals surface area (Å²) in [5.74, 6) is 0.780. The van der Waals surface area contributed by atoms with E-state index in [2.05, 4.69) is 66.8 Å². The maximum absolute atomic E-state index is 12.6. The van der Waals surface area contributed by atoms with Crippen molar-refractivity contribution in [1.29, 1.82) is 0 Å². The highest BCUT2D eigenvalue weighted by Crippen LogP contribution is 2.26. The minimum absolute atomic E-state index is 0.0141. The predicted molar refractivity (Wildman–Crippen MR) is 104 cm³/mol. The van der Waals surface area contributed by atoms with Crippen LogP contribution in [0.3, 0.4) is 0 Å². The third-order valence-corrected chi connectivity index (χ3v) is 5.27. The fraction of sp³-hybridized carbons (Fsp3) is 0.429. The minimum Gasteiger partial charge on any atom is -0.358 e. The molecule has 26 heavy (non-hydrogen) atoms. The Kier molecular flexibility index (Phi) is 3.99. The number of nitrogens with one attached hydrogen (secondary N) is 2. The second kappa shape index (κ2) is 6.09. The van der Waals surface area contributed by atoms with Crippen LogP contribution in [0, 0.1) is 6.92 Å². The summed E-state index contributed by atoms with van der Waals surface area (Å²) < 4.78 is 0. The molecule has 4 rings (SSSR count). The molecule has 1 aromatic carbocycles. The number of fused-ring (bicyclic) bond motifs is 2. The van der Waals surface area contributed by atoms with Crippen LogP contribution in [0.4, 0.5) is 0 Å². The zero-order valence-electron chi connectivity index (χ0n) is 15.9. The number of aromatic amines is 2. The predicted octanol–water partition coefficient (Wildman–Crippen LogP) is 3.42. The lowest BCUT2D eigenvalue weighted by molar-refractivity contribution is 0.241. The molecule has 5 nitrogen and oxygen atoms in total. The lowest BCUT2D eigenvalue weighted by atomic mass is 9.95. The van der Waals surface area contributed by atoms with Gasteiger partial charge in [0.15, 0.2) is 0 Å². The maximum Gasteiger partial charge on any atom is 0.255 e. The average molecular weight is 350 g/mol. The Balaban J connectivity index is 1.63. The molecule has 2 aromatic heterocycles. The standard InChI is InChI=1S/C21H26N4O/c1-13-15(14-7-5-6-8-17(14)22-13)11-25-10-9-18-16(12-25)19(26)24-20(23-18)21(2,3)4/h5-8,22H,9-12H2,1-4H3,(H,23,24,26). The van der Waals surface area contributed by atoms with Crippen molar-refractivity contribution < 1.29 is 0 Å². The van der Waals surface area contributed by atoms with Crippen LogP contribution >= 0.6 is 0 Å². The molecule has 3 aromatic rings. The number of rotatable bonds is 2. The molecule has 136 valence electrons. The van der Waals surface area contributed by atoms with Crippen LogP contribution in [-0.2, 0) is 24.9 Å². The minimum atomic E-state index is -0.146. The molecular weight excluding hydrogens is 324 g/mol. The van der Waals surface area contributed by atoms with E-state index in [1.165, 1.54) is 22.2 Å². The van der Waals surface area contributed by atoms with E-state index in [1.54, 1.807) is 0 Å². The normalized spacial score (nSPS) is 15.4. The van der Waals surface area contributed by atoms with Crippen molar-refractivity contribution in [3.8, 4) is 0 Å². The number of para-hydroxylation sites is 1. The van der Waals surface area contributed by atoms with Crippen molar-refractivity contribution in [2.24, 2.45) is 0 Å². The lowest BCUT2D eigenvalue weighted by Gasteiger charge is -2.29. The summed E-state index contributed by atoms with van der Waals surface area (Å²) in [6.45, 7) is 10.8. The first-order valence-corrected chi connectivity index (χ1v) is 9.24. The molecule has 0 atom stereocenters. The second-order valence-corrected chi connectivity index (χ2v) is 8.32. The molecule has 2 N–H and O–H groups in total. The van der Waals surface area contributed by atoms with Gasteiger partial charge in [0.05, 0.1) is 11.3 Å². The Morgan fingerprint density at radius 1 is 1.19 bits per heavy atom. The van der Waals surface area contributed by atoms with Crippen molar-refractivity contribution in [2.45, 2.75) is 52.6 Å². The van der Waals surface area contributed by atoms with E-state index in [0.29, 0.717) is 6.54 Å². The summed E-state index contributed by atoms with van der Waals surface area (Å²) in [5.41, 5.74) is 5.35. The van der Waals surface area contributed by atoms with Crippen molar-refractivity contribution in [3.63, 3.8) is 0 Å². The van der Waals surface area contributed by atoms with Gasteiger partial charge in [-0.3, -0.25) is 9.69 Å². The van der Waals surface area contributed by atoms with Crippen LogP contribution < -0.4 is 5.56 Å². The van der Waals surface area contributed by atoms with Crippen molar-refractivity contribution >= 4 is 10.9 Å². The second-order valence-electron chi connectivity index (χ2n) is 8.32. The van der Waals surface area contributed by atoms with Gasteiger partial charge < -0.3 is 9.97 Å². The highest BCUT2D eigenvalue weighted by Gasteiger charge is 2.25. The fourth-order valence-electron chi connectivity index (χ4n) is 3.73. The summed E-state index contributed by atoms with van der Waals surface area (Å²) >= 11 is 0. The molecule has 0 saturated heterocycles. The third kappa shape index (κ3) is 2.97. The van der Waals surface area contributed by atoms with E-state index in [9.17, 15) is 4.79 Å². The largest absolute Gasteiger partial charge is 0.358 e. The molecule has 1 aliphatic rings. The fourth-order valence-corrected chi connectivity index (χ4v) is 3.73. The topological polar surface area (TPSA) is 64.8 Å². The van der Waals surface area contributed by atoms with Gasteiger partial charge in [-0.2, -0.15) is 0 Å². The van der Waals surface area contributed by atoms with Gasteiger partial charge in [-0.1, -0.05) is 39.0 Å². The van der Waals surface area contributed by atoms with E-state index >= 15 is 0 Å².